The fraction of sp³-hybridized carbons (Fsp3) is 0.200. The van der Waals surface area contributed by atoms with Gasteiger partial charge >= 0.3 is 0 Å². The number of nitrogens with zero attached hydrogens (tertiary/aromatic N) is 1. The lowest BCUT2D eigenvalue weighted by Crippen LogP contribution is -2.32. The number of hydrogen-bond donors (Lipinski definition) is 2. The molecule has 0 aliphatic carbocycles. The third-order valence-electron chi connectivity index (χ3n) is 4.35. The number of aromatic hydroxyl groups is 1. The third kappa shape index (κ3) is 3.16. The number of rotatable bonds is 4. The summed E-state index contributed by atoms with van der Waals surface area (Å²) in [6.07, 6.45) is 0. The number of phenolic OH excluding ortho intramolecular Hbond substituents is 1. The maximum absolute atomic E-state index is 14.4. The molecule has 5 nitrogen and oxygen atoms in total. The SMILES string of the molecule is CC(C)C(=O)C1=C(O)C(=O)N(c2cc(F)ccc2F)C1c1cccc(O)c1. The molecule has 7 heteroatoms. The second-order valence-corrected chi connectivity index (χ2v) is 6.55. The summed E-state index contributed by atoms with van der Waals surface area (Å²) in [4.78, 5) is 26.2. The maximum Gasteiger partial charge on any atom is 0.294 e. The number of aliphatic hydroxyl groups is 1. The standard InChI is InChI=1S/C20H17F2NO4/c1-10(2)18(25)16-17(11-4-3-5-13(24)8-11)23(20(27)19(16)26)15-9-12(21)6-7-14(15)22/h3-10,17,24,26H,1-2H3. The van der Waals surface area contributed by atoms with E-state index in [1.54, 1.807) is 13.8 Å². The number of benzene rings is 2. The van der Waals surface area contributed by atoms with Crippen LogP contribution in [0.1, 0.15) is 25.5 Å². The van der Waals surface area contributed by atoms with E-state index in [1.165, 1.54) is 24.3 Å². The smallest absolute Gasteiger partial charge is 0.294 e. The minimum Gasteiger partial charge on any atom is -0.508 e. The molecule has 0 radical (unpaired) electrons. The van der Waals surface area contributed by atoms with E-state index >= 15 is 0 Å². The Kier molecular flexibility index (Phi) is 4.70. The lowest BCUT2D eigenvalue weighted by atomic mass is 9.91. The van der Waals surface area contributed by atoms with Crippen molar-refractivity contribution in [1.29, 1.82) is 0 Å². The Labute approximate surface area is 154 Å². The molecule has 0 saturated carbocycles. The van der Waals surface area contributed by atoms with E-state index in [4.69, 9.17) is 0 Å². The predicted octanol–water partition coefficient (Wildman–Crippen LogP) is 3.80. The van der Waals surface area contributed by atoms with Gasteiger partial charge in [0.2, 0.25) is 0 Å². The van der Waals surface area contributed by atoms with Gasteiger partial charge in [-0.05, 0) is 29.8 Å². The highest BCUT2D eigenvalue weighted by atomic mass is 19.1. The fourth-order valence-electron chi connectivity index (χ4n) is 3.10. The van der Waals surface area contributed by atoms with Crippen LogP contribution in [0.15, 0.2) is 53.8 Å². The highest BCUT2D eigenvalue weighted by Crippen LogP contribution is 2.43. The van der Waals surface area contributed by atoms with E-state index in [1.807, 2.05) is 0 Å². The lowest BCUT2D eigenvalue weighted by molar-refractivity contribution is -0.119. The Bertz CT molecular complexity index is 968. The molecule has 2 aromatic carbocycles. The number of Topliss-reactive ketones (excluding diaryl/α,β-unsaturated/α-hetero) is 1. The van der Waals surface area contributed by atoms with Gasteiger partial charge in [0.1, 0.15) is 17.4 Å². The minimum absolute atomic E-state index is 0.137. The number of carbonyl (C=O) groups excluding carboxylic acids is 2. The van der Waals surface area contributed by atoms with Gasteiger partial charge in [-0.1, -0.05) is 26.0 Å². The second kappa shape index (κ2) is 6.83. The first kappa shape index (κ1) is 18.6. The van der Waals surface area contributed by atoms with E-state index in [2.05, 4.69) is 0 Å². The first-order valence-electron chi connectivity index (χ1n) is 8.27. The van der Waals surface area contributed by atoms with Gasteiger partial charge in [0.15, 0.2) is 11.5 Å². The molecule has 27 heavy (non-hydrogen) atoms. The van der Waals surface area contributed by atoms with Crippen LogP contribution < -0.4 is 4.90 Å². The van der Waals surface area contributed by atoms with Crippen molar-refractivity contribution in [2.75, 3.05) is 4.90 Å². The fourth-order valence-corrected chi connectivity index (χ4v) is 3.10. The van der Waals surface area contributed by atoms with Gasteiger partial charge in [-0.3, -0.25) is 14.5 Å². The number of ketones is 1. The van der Waals surface area contributed by atoms with Crippen LogP contribution in [0.4, 0.5) is 14.5 Å². The molecule has 1 amide bonds. The Morgan fingerprint density at radius 2 is 1.81 bits per heavy atom. The summed E-state index contributed by atoms with van der Waals surface area (Å²) in [6, 6.07) is 7.08. The highest BCUT2D eigenvalue weighted by Gasteiger charge is 2.45. The van der Waals surface area contributed by atoms with Gasteiger partial charge in [-0.15, -0.1) is 0 Å². The van der Waals surface area contributed by atoms with Gasteiger partial charge in [0, 0.05) is 12.0 Å². The summed E-state index contributed by atoms with van der Waals surface area (Å²) in [7, 11) is 0. The number of anilines is 1. The quantitative estimate of drug-likeness (QED) is 0.855. The van der Waals surface area contributed by atoms with Crippen LogP contribution in [0.2, 0.25) is 0 Å². The molecule has 1 aliphatic heterocycles. The van der Waals surface area contributed by atoms with E-state index in [-0.39, 0.29) is 16.9 Å². The molecule has 0 saturated heterocycles. The van der Waals surface area contributed by atoms with Crippen LogP contribution in [0.5, 0.6) is 5.75 Å². The predicted molar refractivity (Wildman–Crippen MR) is 94.2 cm³/mol. The molecule has 0 fully saturated rings. The number of phenols is 1. The summed E-state index contributed by atoms with van der Waals surface area (Å²) in [6.45, 7) is 3.19. The van der Waals surface area contributed by atoms with Crippen LogP contribution in [0, 0.1) is 17.6 Å². The number of halogens is 2. The van der Waals surface area contributed by atoms with Crippen molar-refractivity contribution < 1.29 is 28.6 Å². The third-order valence-corrected chi connectivity index (χ3v) is 4.35. The average Bonchev–Trinajstić information content (AvgIpc) is 2.88. The molecule has 0 spiro atoms. The first-order valence-corrected chi connectivity index (χ1v) is 8.27. The monoisotopic (exact) mass is 373 g/mol. The van der Waals surface area contributed by atoms with Crippen molar-refractivity contribution in [2.45, 2.75) is 19.9 Å². The van der Waals surface area contributed by atoms with Crippen molar-refractivity contribution in [1.82, 2.24) is 0 Å². The van der Waals surface area contributed by atoms with Gasteiger partial charge in [-0.2, -0.15) is 0 Å². The molecule has 0 aromatic heterocycles. The van der Waals surface area contributed by atoms with Crippen molar-refractivity contribution in [3.63, 3.8) is 0 Å². The van der Waals surface area contributed by atoms with Gasteiger partial charge < -0.3 is 10.2 Å². The van der Waals surface area contributed by atoms with Crippen LogP contribution in [-0.4, -0.2) is 21.9 Å². The van der Waals surface area contributed by atoms with E-state index in [0.717, 1.165) is 23.1 Å². The Balaban J connectivity index is 2.25. The molecular weight excluding hydrogens is 356 g/mol. The zero-order valence-electron chi connectivity index (χ0n) is 14.6. The normalized spacial score (nSPS) is 17.1. The van der Waals surface area contributed by atoms with E-state index < -0.39 is 46.7 Å². The number of aliphatic hydroxyl groups excluding tert-OH is 1. The molecule has 2 aromatic rings. The van der Waals surface area contributed by atoms with Crippen LogP contribution in [-0.2, 0) is 9.59 Å². The zero-order chi connectivity index (χ0) is 19.9. The van der Waals surface area contributed by atoms with Crippen LogP contribution >= 0.6 is 0 Å². The molecule has 2 N–H and O–H groups in total. The number of amides is 1. The van der Waals surface area contributed by atoms with E-state index in [0.29, 0.717) is 0 Å². The van der Waals surface area contributed by atoms with Crippen molar-refractivity contribution in [3.05, 3.63) is 71.0 Å². The zero-order valence-corrected chi connectivity index (χ0v) is 14.6. The van der Waals surface area contributed by atoms with Gasteiger partial charge in [0.05, 0.1) is 17.3 Å². The molecular formula is C20H17F2NO4. The topological polar surface area (TPSA) is 77.8 Å². The molecule has 1 aliphatic rings. The van der Waals surface area contributed by atoms with Crippen molar-refractivity contribution in [3.8, 4) is 5.75 Å². The molecule has 140 valence electrons. The van der Waals surface area contributed by atoms with Gasteiger partial charge in [-0.25, -0.2) is 8.78 Å². The molecule has 3 rings (SSSR count). The molecule has 1 atom stereocenters. The number of carbonyl (C=O) groups is 2. The summed E-state index contributed by atoms with van der Waals surface area (Å²) < 4.78 is 28.1. The lowest BCUT2D eigenvalue weighted by Gasteiger charge is -2.27. The summed E-state index contributed by atoms with van der Waals surface area (Å²) >= 11 is 0. The maximum atomic E-state index is 14.4. The summed E-state index contributed by atoms with van der Waals surface area (Å²) in [5.41, 5.74) is -0.351. The second-order valence-electron chi connectivity index (χ2n) is 6.55. The van der Waals surface area contributed by atoms with Gasteiger partial charge in [0.25, 0.3) is 5.91 Å². The molecule has 1 unspecified atom stereocenters. The Morgan fingerprint density at radius 3 is 2.44 bits per heavy atom. The summed E-state index contributed by atoms with van der Waals surface area (Å²) in [5.74, 6) is -4.69. The van der Waals surface area contributed by atoms with E-state index in [9.17, 15) is 28.6 Å². The van der Waals surface area contributed by atoms with Crippen LogP contribution in [0.25, 0.3) is 0 Å². The minimum atomic E-state index is -1.20. The van der Waals surface area contributed by atoms with Crippen molar-refractivity contribution in [2.24, 2.45) is 5.92 Å². The van der Waals surface area contributed by atoms with Crippen LogP contribution in [0.3, 0.4) is 0 Å². The number of hydrogen-bond acceptors (Lipinski definition) is 4. The first-order chi connectivity index (χ1) is 12.7. The van der Waals surface area contributed by atoms with Crippen molar-refractivity contribution >= 4 is 17.4 Å². The highest BCUT2D eigenvalue weighted by molar-refractivity contribution is 6.16. The average molecular weight is 373 g/mol. The Hall–Kier alpha value is -3.22. The Morgan fingerprint density at radius 1 is 1.11 bits per heavy atom. The summed E-state index contributed by atoms with van der Waals surface area (Å²) in [5, 5.41) is 20.2. The molecule has 1 heterocycles. The molecule has 0 bridgehead atoms. The largest absolute Gasteiger partial charge is 0.508 e.